The zero-order valence-corrected chi connectivity index (χ0v) is 25.6. The van der Waals surface area contributed by atoms with Crippen LogP contribution in [0.15, 0.2) is 46.9 Å². The molecule has 2 aromatic carbocycles. The van der Waals surface area contributed by atoms with Crippen LogP contribution in [0.2, 0.25) is 0 Å². The molecule has 4 aliphatic carbocycles. The smallest absolute Gasteiger partial charge is 0.160 e. The van der Waals surface area contributed by atoms with E-state index in [4.69, 9.17) is 0 Å². The molecular formula is C35H43NO3S. The number of rotatable bonds is 2. The molecule has 40 heavy (non-hydrogen) atoms. The van der Waals surface area contributed by atoms with Crippen LogP contribution < -0.4 is 0 Å². The molecule has 3 N–H and O–H groups in total. The van der Waals surface area contributed by atoms with Crippen LogP contribution in [0.3, 0.4) is 0 Å². The van der Waals surface area contributed by atoms with Crippen LogP contribution in [0.25, 0.3) is 0 Å². The molecule has 0 amide bonds. The van der Waals surface area contributed by atoms with Crippen molar-refractivity contribution in [2.45, 2.75) is 102 Å². The molecule has 6 rings (SSSR count). The molecule has 0 radical (unpaired) electrons. The molecule has 3 fully saturated rings. The molecule has 4 aliphatic rings. The van der Waals surface area contributed by atoms with Gasteiger partial charge in [0.15, 0.2) is 11.5 Å². The van der Waals surface area contributed by atoms with Gasteiger partial charge in [-0.1, -0.05) is 39.3 Å². The normalized spacial score (nSPS) is 40.1. The van der Waals surface area contributed by atoms with Crippen molar-refractivity contribution in [1.29, 1.82) is 5.26 Å². The number of benzene rings is 2. The van der Waals surface area contributed by atoms with E-state index in [1.807, 2.05) is 25.1 Å². The number of allylic oxidation sites excluding steroid dienone is 1. The molecule has 0 saturated heterocycles. The van der Waals surface area contributed by atoms with E-state index in [0.29, 0.717) is 5.92 Å². The van der Waals surface area contributed by atoms with Crippen molar-refractivity contribution in [2.75, 3.05) is 0 Å². The van der Waals surface area contributed by atoms with E-state index < -0.39 is 0 Å². The fraction of sp³-hybridized carbons (Fsp3) is 0.571. The fourth-order valence-electron chi connectivity index (χ4n) is 9.56. The SMILES string of the molecule is Cc1c(O)c(O)cc2c1C(Sc1ccc(O)cc1)C=C1[C@@]2(C)CC[C@@]2(C)[C@@H]3C[C@](C)(C#N)CC[C@]3(C)CC[C@]12C. The first-order chi connectivity index (χ1) is 18.7. The number of thioether (sulfide) groups is 1. The van der Waals surface area contributed by atoms with E-state index in [9.17, 15) is 20.6 Å². The van der Waals surface area contributed by atoms with Gasteiger partial charge in [0.05, 0.1) is 16.7 Å². The van der Waals surface area contributed by atoms with Gasteiger partial charge in [-0.2, -0.15) is 5.26 Å². The van der Waals surface area contributed by atoms with Gasteiger partial charge >= 0.3 is 0 Å². The Morgan fingerprint density at radius 3 is 2.25 bits per heavy atom. The summed E-state index contributed by atoms with van der Waals surface area (Å²) in [7, 11) is 0. The molecule has 3 saturated carbocycles. The van der Waals surface area contributed by atoms with Gasteiger partial charge in [-0.25, -0.2) is 0 Å². The Balaban J connectivity index is 1.53. The lowest BCUT2D eigenvalue weighted by atomic mass is 9.34. The van der Waals surface area contributed by atoms with Gasteiger partial charge < -0.3 is 15.3 Å². The lowest BCUT2D eigenvalue weighted by molar-refractivity contribution is -0.152. The summed E-state index contributed by atoms with van der Waals surface area (Å²) in [5, 5.41) is 41.7. The average molecular weight is 558 g/mol. The molecule has 0 bridgehead atoms. The van der Waals surface area contributed by atoms with Crippen LogP contribution >= 0.6 is 11.8 Å². The molecular weight excluding hydrogens is 514 g/mol. The van der Waals surface area contributed by atoms with Gasteiger partial charge in [-0.15, -0.1) is 11.8 Å². The van der Waals surface area contributed by atoms with Gasteiger partial charge in [-0.3, -0.25) is 0 Å². The second-order valence-corrected chi connectivity index (χ2v) is 15.8. The van der Waals surface area contributed by atoms with E-state index in [1.165, 1.54) is 12.0 Å². The van der Waals surface area contributed by atoms with E-state index in [1.54, 1.807) is 23.9 Å². The first-order valence-corrected chi connectivity index (χ1v) is 15.7. The molecule has 1 unspecified atom stereocenters. The highest BCUT2D eigenvalue weighted by atomic mass is 32.2. The molecule has 2 aromatic rings. The fourth-order valence-corrected chi connectivity index (χ4v) is 10.8. The highest BCUT2D eigenvalue weighted by molar-refractivity contribution is 7.99. The Hall–Kier alpha value is -2.58. The standard InChI is InChI=1S/C35H43NO3S/c1-21-29-24(17-25(38)30(21)39)33(4)14-16-35(6)28-19-31(2,20-36)11-12-32(28,3)13-15-34(35,5)27(33)18-26(29)40-23-9-7-22(37)8-10-23/h7-10,17-18,26,28,37-39H,11-16,19H2,1-6H3/t26?,28-,31-,32-,33+,34-,35+/m1/s1. The molecule has 0 aromatic heterocycles. The minimum Gasteiger partial charge on any atom is -0.508 e. The highest BCUT2D eigenvalue weighted by Gasteiger charge is 2.66. The van der Waals surface area contributed by atoms with Crippen molar-refractivity contribution >= 4 is 11.8 Å². The number of fused-ring (bicyclic) bond motifs is 7. The average Bonchev–Trinajstić information content (AvgIpc) is 2.92. The second kappa shape index (κ2) is 8.71. The van der Waals surface area contributed by atoms with Crippen LogP contribution in [0, 0.1) is 45.8 Å². The maximum absolute atomic E-state index is 10.9. The van der Waals surface area contributed by atoms with Crippen LogP contribution in [0.4, 0.5) is 0 Å². The first kappa shape index (κ1) is 27.6. The van der Waals surface area contributed by atoms with Crippen molar-refractivity contribution in [2.24, 2.45) is 27.6 Å². The second-order valence-electron chi connectivity index (χ2n) is 14.6. The van der Waals surface area contributed by atoms with E-state index in [0.717, 1.165) is 60.1 Å². The summed E-state index contributed by atoms with van der Waals surface area (Å²) >= 11 is 1.74. The molecule has 212 valence electrons. The van der Waals surface area contributed by atoms with Crippen LogP contribution in [0.5, 0.6) is 17.2 Å². The third kappa shape index (κ3) is 3.64. The summed E-state index contributed by atoms with van der Waals surface area (Å²) in [6, 6.07) is 11.9. The summed E-state index contributed by atoms with van der Waals surface area (Å²) in [6.07, 6.45) is 9.92. The summed E-state index contributed by atoms with van der Waals surface area (Å²) in [5.74, 6) is 0.644. The molecule has 0 spiro atoms. The third-order valence-corrected chi connectivity index (χ3v) is 13.6. The van der Waals surface area contributed by atoms with E-state index in [2.05, 4.69) is 46.8 Å². The number of hydrogen-bond acceptors (Lipinski definition) is 5. The molecule has 4 nitrogen and oxygen atoms in total. The van der Waals surface area contributed by atoms with Gasteiger partial charge in [0.1, 0.15) is 5.75 Å². The van der Waals surface area contributed by atoms with Gasteiger partial charge in [0.2, 0.25) is 0 Å². The van der Waals surface area contributed by atoms with Crippen molar-refractivity contribution in [1.82, 2.24) is 0 Å². The number of nitrogens with zero attached hydrogens (tertiary/aromatic N) is 1. The van der Waals surface area contributed by atoms with Gasteiger partial charge in [-0.05, 0) is 128 Å². The Labute approximate surface area is 243 Å². The first-order valence-electron chi connectivity index (χ1n) is 14.9. The number of nitriles is 1. The summed E-state index contributed by atoms with van der Waals surface area (Å²) in [5.41, 5.74) is 4.20. The summed E-state index contributed by atoms with van der Waals surface area (Å²) in [4.78, 5) is 1.05. The number of hydrogen-bond donors (Lipinski definition) is 3. The Morgan fingerprint density at radius 1 is 0.900 bits per heavy atom. The van der Waals surface area contributed by atoms with Crippen molar-refractivity contribution in [3.63, 3.8) is 0 Å². The quantitative estimate of drug-likeness (QED) is 0.253. The van der Waals surface area contributed by atoms with Crippen LogP contribution in [-0.2, 0) is 5.41 Å². The maximum atomic E-state index is 10.9. The zero-order valence-electron chi connectivity index (χ0n) is 24.8. The maximum Gasteiger partial charge on any atom is 0.160 e. The monoisotopic (exact) mass is 557 g/mol. The molecule has 7 atom stereocenters. The predicted molar refractivity (Wildman–Crippen MR) is 160 cm³/mol. The Bertz CT molecular complexity index is 1460. The van der Waals surface area contributed by atoms with E-state index >= 15 is 0 Å². The predicted octanol–water partition coefficient (Wildman–Crippen LogP) is 9.08. The van der Waals surface area contributed by atoms with Crippen molar-refractivity contribution in [3.05, 3.63) is 58.7 Å². The number of aromatic hydroxyl groups is 3. The molecule has 0 aliphatic heterocycles. The lowest BCUT2D eigenvalue weighted by Crippen LogP contribution is -2.62. The zero-order chi connectivity index (χ0) is 28.9. The topological polar surface area (TPSA) is 84.5 Å². The number of phenolic OH excluding ortho intramolecular Hbond substituents is 3. The third-order valence-electron chi connectivity index (χ3n) is 12.4. The number of phenols is 3. The van der Waals surface area contributed by atoms with Crippen LogP contribution in [0.1, 0.15) is 102 Å². The Morgan fingerprint density at radius 2 is 1.57 bits per heavy atom. The largest absolute Gasteiger partial charge is 0.508 e. The minimum atomic E-state index is -0.266. The van der Waals surface area contributed by atoms with Crippen molar-refractivity contribution in [3.8, 4) is 23.3 Å². The molecule has 5 heteroatoms. The van der Waals surface area contributed by atoms with Crippen LogP contribution in [-0.4, -0.2) is 15.3 Å². The summed E-state index contributed by atoms with van der Waals surface area (Å²) < 4.78 is 0. The van der Waals surface area contributed by atoms with E-state index in [-0.39, 0.29) is 49.6 Å². The van der Waals surface area contributed by atoms with Gasteiger partial charge in [0, 0.05) is 10.3 Å². The van der Waals surface area contributed by atoms with Gasteiger partial charge in [0.25, 0.3) is 0 Å². The lowest BCUT2D eigenvalue weighted by Gasteiger charge is -2.70. The van der Waals surface area contributed by atoms with Crippen molar-refractivity contribution < 1.29 is 15.3 Å². The minimum absolute atomic E-state index is 0.0302. The summed E-state index contributed by atoms with van der Waals surface area (Å²) in [6.45, 7) is 14.0. The molecule has 0 heterocycles. The highest BCUT2D eigenvalue weighted by Crippen LogP contribution is 2.75. The Kier molecular flexibility index (Phi) is 6.01.